The van der Waals surface area contributed by atoms with Gasteiger partial charge < -0.3 is 9.80 Å². The molecule has 4 heterocycles. The first-order valence-corrected chi connectivity index (χ1v) is 38.1. The van der Waals surface area contributed by atoms with E-state index in [1.165, 1.54) is 257 Å². The van der Waals surface area contributed by atoms with Crippen molar-refractivity contribution in [1.82, 2.24) is 0 Å². The van der Waals surface area contributed by atoms with Crippen molar-refractivity contribution in [3.63, 3.8) is 0 Å². The molecule has 8 heteroatoms. The number of carbonyl (C=O) groups excluding carboxylic acids is 2. The number of hydrogen-bond donors (Lipinski definition) is 0. The maximum atomic E-state index is 14.7. The van der Waals surface area contributed by atoms with Gasteiger partial charge in [-0.25, -0.2) is 0 Å². The molecule has 0 fully saturated rings. The van der Waals surface area contributed by atoms with E-state index in [9.17, 15) is 9.59 Å². The maximum Gasteiger partial charge on any atom is 0.259 e. The van der Waals surface area contributed by atoms with Crippen molar-refractivity contribution in [3.05, 3.63) is 100 Å². The molecule has 84 heavy (non-hydrogen) atoms. The molecule has 0 aliphatic carbocycles. The molecule has 0 bridgehead atoms. The van der Waals surface area contributed by atoms with Crippen molar-refractivity contribution >= 4 is 113 Å². The Morgan fingerprint density at radius 1 is 0.381 bits per heavy atom. The fraction of sp³-hybridized carbons (Fsp3) is 0.632. The first-order valence-electron chi connectivity index (χ1n) is 34.7. The number of rotatable bonds is 48. The van der Waals surface area contributed by atoms with E-state index in [0.29, 0.717) is 11.8 Å². The molecular weight excluding hydrogens is 1200 g/mol. The van der Waals surface area contributed by atoms with E-state index in [4.69, 9.17) is 0 Å². The molecule has 2 aliphatic rings. The Balaban J connectivity index is 1.08. The molecule has 6 rings (SSSR count). The monoisotopic (exact) mass is 1310 g/mol. The van der Waals surface area contributed by atoms with E-state index in [0.717, 1.165) is 76.6 Å². The highest BCUT2D eigenvalue weighted by molar-refractivity contribution is 9.10. The SMILES string of the molecule is CCCCCCCCCCCCC(CCCCCCCCCC)CN1C(=O)/C(=C\c2cc(/C=C/c3csc(/C=C4\C(=O)N(CC(CCCCCCCCCC)CCCCCCCCCCCC)c5cc(Br)ccc54)c3)cs2)c2ccc(Br)cc21. The van der Waals surface area contributed by atoms with Crippen LogP contribution >= 0.6 is 54.5 Å². The molecule has 2 unspecified atom stereocenters. The number of carbonyl (C=O) groups is 2. The third-order valence-electron chi connectivity index (χ3n) is 18.1. The minimum Gasteiger partial charge on any atom is -0.307 e. The van der Waals surface area contributed by atoms with Gasteiger partial charge >= 0.3 is 0 Å². The number of nitrogens with zero attached hydrogens (tertiary/aromatic N) is 2. The van der Waals surface area contributed by atoms with Crippen LogP contribution in [-0.2, 0) is 9.59 Å². The van der Waals surface area contributed by atoms with Crippen LogP contribution in [0.15, 0.2) is 68.2 Å². The van der Waals surface area contributed by atoms with Crippen LogP contribution in [0.2, 0.25) is 0 Å². The van der Waals surface area contributed by atoms with E-state index in [1.807, 2.05) is 0 Å². The highest BCUT2D eigenvalue weighted by atomic mass is 79.9. The summed E-state index contributed by atoms with van der Waals surface area (Å²) < 4.78 is 2.03. The Morgan fingerprint density at radius 2 is 0.655 bits per heavy atom. The Morgan fingerprint density at radius 3 is 0.940 bits per heavy atom. The summed E-state index contributed by atoms with van der Waals surface area (Å²) in [6.45, 7) is 10.8. The van der Waals surface area contributed by atoms with Crippen molar-refractivity contribution in [1.29, 1.82) is 0 Å². The maximum absolute atomic E-state index is 14.7. The number of anilines is 2. The molecule has 2 aromatic heterocycles. The van der Waals surface area contributed by atoms with Gasteiger partial charge in [0.15, 0.2) is 0 Å². The zero-order valence-electron chi connectivity index (χ0n) is 53.2. The number of amides is 2. The van der Waals surface area contributed by atoms with Gasteiger partial charge in [0.05, 0.1) is 22.5 Å². The lowest BCUT2D eigenvalue weighted by Gasteiger charge is -2.25. The number of unbranched alkanes of at least 4 members (excludes halogenated alkanes) is 32. The average Bonchev–Trinajstić information content (AvgIpc) is 2.91. The number of thiophene rings is 2. The van der Waals surface area contributed by atoms with Crippen LogP contribution in [0.3, 0.4) is 0 Å². The van der Waals surface area contributed by atoms with Crippen molar-refractivity contribution < 1.29 is 9.59 Å². The number of halogens is 2. The first-order chi connectivity index (χ1) is 41.2. The van der Waals surface area contributed by atoms with E-state index in [1.54, 1.807) is 22.7 Å². The van der Waals surface area contributed by atoms with E-state index in [2.05, 4.69) is 153 Å². The predicted molar refractivity (Wildman–Crippen MR) is 381 cm³/mol. The topological polar surface area (TPSA) is 40.6 Å². The molecule has 2 aromatic carbocycles. The van der Waals surface area contributed by atoms with Crippen LogP contribution in [0.5, 0.6) is 0 Å². The van der Waals surface area contributed by atoms with Gasteiger partial charge in [-0.1, -0.05) is 315 Å². The molecule has 0 saturated heterocycles. The number of benzene rings is 2. The van der Waals surface area contributed by atoms with Crippen LogP contribution in [-0.4, -0.2) is 24.9 Å². The second-order valence-electron chi connectivity index (χ2n) is 25.4. The largest absolute Gasteiger partial charge is 0.307 e. The zero-order valence-corrected chi connectivity index (χ0v) is 58.0. The standard InChI is InChI=1S/C76H112Br2N2O2S2/c1-5-9-13-17-21-25-27-31-35-39-43-61(41-37-33-29-23-19-15-11-7-3)57-79-73-53-65(77)47-49-69(73)71(75(79)81)55-67-51-63(59-83-67)45-46-64-52-68(84-60-64)56-72-70-50-48-66(78)54-74(70)80(76(72)82)58-62(42-38-34-30-24-20-16-12-8-4)44-40-36-32-28-26-22-18-14-10-6-2/h45-56,59-62H,5-44,57-58H2,1-4H3/b46-45+,71-55-,72-56-. The summed E-state index contributed by atoms with van der Waals surface area (Å²) in [5.74, 6) is 1.28. The summed E-state index contributed by atoms with van der Waals surface area (Å²) >= 11 is 10.9. The van der Waals surface area contributed by atoms with E-state index < -0.39 is 0 Å². The van der Waals surface area contributed by atoms with Crippen molar-refractivity contribution in [2.45, 2.75) is 285 Å². The quantitative estimate of drug-likeness (QED) is 0.0327. The van der Waals surface area contributed by atoms with Crippen LogP contribution < -0.4 is 9.80 Å². The lowest BCUT2D eigenvalue weighted by atomic mass is 9.93. The lowest BCUT2D eigenvalue weighted by molar-refractivity contribution is -0.113. The minimum atomic E-state index is 0.139. The van der Waals surface area contributed by atoms with Gasteiger partial charge in [-0.05, 0) is 108 Å². The molecule has 4 aromatic rings. The van der Waals surface area contributed by atoms with Gasteiger partial charge in [-0.15, -0.1) is 22.7 Å². The fourth-order valence-corrected chi connectivity index (χ4v) is 15.3. The second kappa shape index (κ2) is 42.0. The number of fused-ring (bicyclic) bond motifs is 2. The molecule has 0 saturated carbocycles. The minimum absolute atomic E-state index is 0.139. The van der Waals surface area contributed by atoms with Crippen LogP contribution in [0, 0.1) is 11.8 Å². The molecule has 0 spiro atoms. The smallest absolute Gasteiger partial charge is 0.259 e. The van der Waals surface area contributed by atoms with E-state index >= 15 is 0 Å². The number of hydrogen-bond acceptors (Lipinski definition) is 4. The Hall–Kier alpha value is -3.04. The molecule has 464 valence electrons. The molecule has 0 N–H and O–H groups in total. The molecule has 4 nitrogen and oxygen atoms in total. The van der Waals surface area contributed by atoms with Gasteiger partial charge in [0, 0.05) is 42.9 Å². The second-order valence-corrected chi connectivity index (χ2v) is 29.1. The van der Waals surface area contributed by atoms with Gasteiger partial charge in [0.1, 0.15) is 0 Å². The summed E-state index contributed by atoms with van der Waals surface area (Å²) in [6, 6.07) is 17.2. The third-order valence-corrected chi connectivity index (χ3v) is 20.9. The Labute approximate surface area is 538 Å². The molecule has 2 aliphatic heterocycles. The summed E-state index contributed by atoms with van der Waals surface area (Å²) in [6.07, 6.45) is 61.7. The molecular formula is C76H112Br2N2O2S2. The fourth-order valence-electron chi connectivity index (χ4n) is 13.0. The first kappa shape index (κ1) is 70.1. The Kier molecular flexibility index (Phi) is 35.0. The molecule has 2 atom stereocenters. The van der Waals surface area contributed by atoms with Gasteiger partial charge in [-0.2, -0.15) is 0 Å². The van der Waals surface area contributed by atoms with Crippen molar-refractivity contribution in [3.8, 4) is 0 Å². The van der Waals surface area contributed by atoms with Gasteiger partial charge in [0.2, 0.25) is 0 Å². The summed E-state index contributed by atoms with van der Waals surface area (Å²) in [5, 5.41) is 4.40. The zero-order chi connectivity index (χ0) is 59.4. The Bertz CT molecular complexity index is 2400. The summed E-state index contributed by atoms with van der Waals surface area (Å²) in [5.41, 5.74) is 8.03. The van der Waals surface area contributed by atoms with Crippen LogP contribution in [0.1, 0.15) is 317 Å². The summed E-state index contributed by atoms with van der Waals surface area (Å²) in [7, 11) is 0. The van der Waals surface area contributed by atoms with Crippen molar-refractivity contribution in [2.75, 3.05) is 22.9 Å². The highest BCUT2D eigenvalue weighted by Crippen LogP contribution is 2.43. The van der Waals surface area contributed by atoms with E-state index in [-0.39, 0.29) is 11.8 Å². The predicted octanol–water partition coefficient (Wildman–Crippen LogP) is 26.2. The van der Waals surface area contributed by atoms with Gasteiger partial charge in [-0.3, -0.25) is 9.59 Å². The normalized spacial score (nSPS) is 15.0. The highest BCUT2D eigenvalue weighted by Gasteiger charge is 2.35. The summed E-state index contributed by atoms with van der Waals surface area (Å²) in [4.78, 5) is 35.8. The van der Waals surface area contributed by atoms with Gasteiger partial charge in [0.25, 0.3) is 11.8 Å². The molecule has 2 amide bonds. The van der Waals surface area contributed by atoms with Crippen molar-refractivity contribution in [2.24, 2.45) is 11.8 Å². The average molecular weight is 1310 g/mol. The van der Waals surface area contributed by atoms with Crippen LogP contribution in [0.25, 0.3) is 35.5 Å². The third kappa shape index (κ3) is 25.2. The lowest BCUT2D eigenvalue weighted by Crippen LogP contribution is -2.32. The van der Waals surface area contributed by atoms with Crippen LogP contribution in [0.4, 0.5) is 11.4 Å². The molecule has 0 radical (unpaired) electrons.